The van der Waals surface area contributed by atoms with Gasteiger partial charge in [0.2, 0.25) is 5.91 Å². The van der Waals surface area contributed by atoms with Gasteiger partial charge in [-0.3, -0.25) is 4.79 Å². The number of carbonyl (C=O) groups is 1. The second-order valence-corrected chi connectivity index (χ2v) is 4.87. The van der Waals surface area contributed by atoms with Gasteiger partial charge in [0.15, 0.2) is 0 Å². The predicted molar refractivity (Wildman–Crippen MR) is 66.0 cm³/mol. The normalized spacial score (nSPS) is 13.2. The van der Waals surface area contributed by atoms with Crippen LogP contribution in [0.25, 0.3) is 0 Å². The lowest BCUT2D eigenvalue weighted by atomic mass is 10.1. The van der Waals surface area contributed by atoms with E-state index in [9.17, 15) is 18.0 Å². The van der Waals surface area contributed by atoms with Crippen molar-refractivity contribution in [2.24, 2.45) is 0 Å². The fourth-order valence-corrected chi connectivity index (χ4v) is 1.67. The number of halogens is 4. The largest absolute Gasteiger partial charge is 0.389 e. The Kier molecular flexibility index (Phi) is 5.19. The standard InChI is InChI=1S/C12H13BrF3NO/c1-8(9-2-4-10(13)5-3-9)17-11(18)6-7-12(14,15)16/h2-5,8H,6-7H2,1H3,(H,17,18). The zero-order valence-corrected chi connectivity index (χ0v) is 11.3. The van der Waals surface area contributed by atoms with Crippen molar-refractivity contribution in [1.29, 1.82) is 0 Å². The molecular weight excluding hydrogens is 311 g/mol. The fraction of sp³-hybridized carbons (Fsp3) is 0.417. The lowest BCUT2D eigenvalue weighted by Crippen LogP contribution is -2.27. The van der Waals surface area contributed by atoms with E-state index in [2.05, 4.69) is 21.2 Å². The van der Waals surface area contributed by atoms with Crippen LogP contribution in [0.4, 0.5) is 13.2 Å². The monoisotopic (exact) mass is 323 g/mol. The number of hydrogen-bond acceptors (Lipinski definition) is 1. The van der Waals surface area contributed by atoms with Crippen molar-refractivity contribution in [1.82, 2.24) is 5.32 Å². The molecule has 0 aromatic heterocycles. The molecule has 0 aliphatic heterocycles. The molecule has 1 atom stereocenters. The van der Waals surface area contributed by atoms with Gasteiger partial charge >= 0.3 is 6.18 Å². The van der Waals surface area contributed by atoms with Gasteiger partial charge in [-0.05, 0) is 24.6 Å². The third-order valence-corrected chi connectivity index (χ3v) is 2.91. The van der Waals surface area contributed by atoms with Crippen LogP contribution in [-0.4, -0.2) is 12.1 Å². The highest BCUT2D eigenvalue weighted by Gasteiger charge is 2.28. The number of carbonyl (C=O) groups excluding carboxylic acids is 1. The van der Waals surface area contributed by atoms with Crippen LogP contribution in [0.2, 0.25) is 0 Å². The van der Waals surface area contributed by atoms with Crippen LogP contribution in [-0.2, 0) is 4.79 Å². The highest BCUT2D eigenvalue weighted by molar-refractivity contribution is 9.10. The van der Waals surface area contributed by atoms with Crippen LogP contribution in [0, 0.1) is 0 Å². The Labute approximate surface area is 112 Å². The van der Waals surface area contributed by atoms with E-state index >= 15 is 0 Å². The first-order valence-electron chi connectivity index (χ1n) is 5.39. The van der Waals surface area contributed by atoms with Gasteiger partial charge in [0, 0.05) is 10.9 Å². The molecular formula is C12H13BrF3NO. The fourth-order valence-electron chi connectivity index (χ4n) is 1.40. The van der Waals surface area contributed by atoms with E-state index < -0.39 is 24.9 Å². The number of nitrogens with one attached hydrogen (secondary N) is 1. The molecule has 0 saturated heterocycles. The quantitative estimate of drug-likeness (QED) is 0.892. The van der Waals surface area contributed by atoms with Gasteiger partial charge in [0.05, 0.1) is 12.5 Å². The molecule has 6 heteroatoms. The Morgan fingerprint density at radius 3 is 2.39 bits per heavy atom. The molecule has 0 spiro atoms. The molecule has 0 radical (unpaired) electrons. The van der Waals surface area contributed by atoms with Crippen LogP contribution >= 0.6 is 15.9 Å². The average Bonchev–Trinajstić information content (AvgIpc) is 2.26. The summed E-state index contributed by atoms with van der Waals surface area (Å²) in [6.07, 6.45) is -5.92. The van der Waals surface area contributed by atoms with Crippen LogP contribution < -0.4 is 5.32 Å². The number of hydrogen-bond donors (Lipinski definition) is 1. The first-order chi connectivity index (χ1) is 8.28. The summed E-state index contributed by atoms with van der Waals surface area (Å²) < 4.78 is 36.7. The lowest BCUT2D eigenvalue weighted by Gasteiger charge is -2.15. The predicted octanol–water partition coefficient (Wildman–Crippen LogP) is 3.97. The van der Waals surface area contributed by atoms with E-state index in [4.69, 9.17) is 0 Å². The van der Waals surface area contributed by atoms with E-state index in [1.54, 1.807) is 19.1 Å². The second-order valence-electron chi connectivity index (χ2n) is 3.96. The van der Waals surface area contributed by atoms with Gasteiger partial charge in [0.25, 0.3) is 0 Å². The van der Waals surface area contributed by atoms with Gasteiger partial charge in [-0.2, -0.15) is 13.2 Å². The molecule has 2 nitrogen and oxygen atoms in total. The average molecular weight is 324 g/mol. The van der Waals surface area contributed by atoms with Crippen LogP contribution in [0.3, 0.4) is 0 Å². The Bertz CT molecular complexity index is 403. The van der Waals surface area contributed by atoms with Crippen molar-refractivity contribution in [2.45, 2.75) is 32.0 Å². The van der Waals surface area contributed by atoms with Gasteiger partial charge in [-0.15, -0.1) is 0 Å². The lowest BCUT2D eigenvalue weighted by molar-refractivity contribution is -0.144. The van der Waals surface area contributed by atoms with Crippen molar-refractivity contribution in [3.8, 4) is 0 Å². The van der Waals surface area contributed by atoms with E-state index in [-0.39, 0.29) is 6.04 Å². The summed E-state index contributed by atoms with van der Waals surface area (Å²) in [5.41, 5.74) is 0.846. The van der Waals surface area contributed by atoms with Crippen molar-refractivity contribution < 1.29 is 18.0 Å². The van der Waals surface area contributed by atoms with E-state index in [0.717, 1.165) is 10.0 Å². The molecule has 100 valence electrons. The minimum absolute atomic E-state index is 0.307. The first-order valence-corrected chi connectivity index (χ1v) is 6.19. The molecule has 1 rings (SSSR count). The smallest absolute Gasteiger partial charge is 0.350 e. The molecule has 0 bridgehead atoms. The third-order valence-electron chi connectivity index (χ3n) is 2.38. The minimum Gasteiger partial charge on any atom is -0.350 e. The van der Waals surface area contributed by atoms with Crippen molar-refractivity contribution in [2.75, 3.05) is 0 Å². The number of amides is 1. The summed E-state index contributed by atoms with van der Waals surface area (Å²) in [5, 5.41) is 2.53. The van der Waals surface area contributed by atoms with Gasteiger partial charge in [-0.1, -0.05) is 28.1 Å². The zero-order chi connectivity index (χ0) is 13.8. The van der Waals surface area contributed by atoms with Gasteiger partial charge < -0.3 is 5.32 Å². The number of benzene rings is 1. The molecule has 1 N–H and O–H groups in total. The van der Waals surface area contributed by atoms with Crippen LogP contribution in [0.1, 0.15) is 31.4 Å². The van der Waals surface area contributed by atoms with E-state index in [1.807, 2.05) is 12.1 Å². The van der Waals surface area contributed by atoms with E-state index in [1.165, 1.54) is 0 Å². The maximum absolute atomic E-state index is 11.9. The summed E-state index contributed by atoms with van der Waals surface area (Å²) in [7, 11) is 0. The van der Waals surface area contributed by atoms with Crippen molar-refractivity contribution >= 4 is 21.8 Å². The van der Waals surface area contributed by atoms with Gasteiger partial charge in [0.1, 0.15) is 0 Å². The third kappa shape index (κ3) is 5.53. The summed E-state index contributed by atoms with van der Waals surface area (Å²) in [4.78, 5) is 11.3. The Balaban J connectivity index is 2.47. The molecule has 18 heavy (non-hydrogen) atoms. The SMILES string of the molecule is CC(NC(=O)CCC(F)(F)F)c1ccc(Br)cc1. The van der Waals surface area contributed by atoms with Crippen molar-refractivity contribution in [3.05, 3.63) is 34.3 Å². The summed E-state index contributed by atoms with van der Waals surface area (Å²) in [6.45, 7) is 1.73. The summed E-state index contributed by atoms with van der Waals surface area (Å²) in [6, 6.07) is 6.93. The second kappa shape index (κ2) is 6.22. The summed E-state index contributed by atoms with van der Waals surface area (Å²) in [5.74, 6) is -0.595. The Morgan fingerprint density at radius 1 is 1.33 bits per heavy atom. The maximum Gasteiger partial charge on any atom is 0.389 e. The highest BCUT2D eigenvalue weighted by Crippen LogP contribution is 2.22. The first kappa shape index (κ1) is 15.0. The van der Waals surface area contributed by atoms with Crippen LogP contribution in [0.5, 0.6) is 0 Å². The molecule has 1 aromatic rings. The minimum atomic E-state index is -4.29. The van der Waals surface area contributed by atoms with E-state index in [0.29, 0.717) is 0 Å². The topological polar surface area (TPSA) is 29.1 Å². The number of alkyl halides is 3. The zero-order valence-electron chi connectivity index (χ0n) is 9.72. The molecule has 0 aliphatic rings. The summed E-state index contributed by atoms with van der Waals surface area (Å²) >= 11 is 3.28. The molecule has 0 fully saturated rings. The Morgan fingerprint density at radius 2 is 1.89 bits per heavy atom. The molecule has 0 heterocycles. The molecule has 1 aromatic carbocycles. The van der Waals surface area contributed by atoms with Crippen molar-refractivity contribution in [3.63, 3.8) is 0 Å². The Hall–Kier alpha value is -1.04. The molecule has 1 unspecified atom stereocenters. The number of rotatable bonds is 4. The van der Waals surface area contributed by atoms with Crippen LogP contribution in [0.15, 0.2) is 28.7 Å². The molecule has 0 aliphatic carbocycles. The van der Waals surface area contributed by atoms with Gasteiger partial charge in [-0.25, -0.2) is 0 Å². The highest BCUT2D eigenvalue weighted by atomic mass is 79.9. The molecule has 0 saturated carbocycles. The molecule has 1 amide bonds. The maximum atomic E-state index is 11.9.